The van der Waals surface area contributed by atoms with Crippen molar-refractivity contribution in [2.45, 2.75) is 20.0 Å². The van der Waals surface area contributed by atoms with Crippen LogP contribution < -0.4 is 14.8 Å². The summed E-state index contributed by atoms with van der Waals surface area (Å²) in [7, 11) is 3.12. The molecule has 0 heterocycles. The van der Waals surface area contributed by atoms with Gasteiger partial charge in [0.05, 0.1) is 25.9 Å². The van der Waals surface area contributed by atoms with Crippen LogP contribution in [0.3, 0.4) is 0 Å². The summed E-state index contributed by atoms with van der Waals surface area (Å²) in [5, 5.41) is 2.74. The van der Waals surface area contributed by atoms with E-state index in [9.17, 15) is 9.59 Å². The van der Waals surface area contributed by atoms with Crippen LogP contribution >= 0.6 is 0 Å². The van der Waals surface area contributed by atoms with Gasteiger partial charge in [-0.25, -0.2) is 4.79 Å². The highest BCUT2D eigenvalue weighted by molar-refractivity contribution is 6.02. The quantitative estimate of drug-likeness (QED) is 0.591. The third-order valence-electron chi connectivity index (χ3n) is 3.57. The third-order valence-corrected chi connectivity index (χ3v) is 3.57. The zero-order chi connectivity index (χ0) is 19.8. The predicted octanol–water partition coefficient (Wildman–Crippen LogP) is 3.92. The standard InChI is InChI=1S/C21H23NO5/c1-14(2)27-21(24)16-7-9-17(10-8-16)22-20(23)12-6-15-5-11-18(25-3)19(13-15)26-4/h5-14H,1-4H3,(H,22,23). The number of benzene rings is 2. The van der Waals surface area contributed by atoms with Gasteiger partial charge in [0.2, 0.25) is 5.91 Å². The molecule has 0 spiro atoms. The highest BCUT2D eigenvalue weighted by Gasteiger charge is 2.09. The van der Waals surface area contributed by atoms with Crippen molar-refractivity contribution in [3.8, 4) is 11.5 Å². The lowest BCUT2D eigenvalue weighted by Gasteiger charge is -2.08. The summed E-state index contributed by atoms with van der Waals surface area (Å²) in [6.45, 7) is 3.58. The molecule has 27 heavy (non-hydrogen) atoms. The monoisotopic (exact) mass is 369 g/mol. The molecule has 0 unspecified atom stereocenters. The molecule has 0 aromatic heterocycles. The molecule has 0 fully saturated rings. The number of hydrogen-bond acceptors (Lipinski definition) is 5. The van der Waals surface area contributed by atoms with Gasteiger partial charge in [0, 0.05) is 11.8 Å². The van der Waals surface area contributed by atoms with Gasteiger partial charge in [0.1, 0.15) is 0 Å². The van der Waals surface area contributed by atoms with Crippen molar-refractivity contribution < 1.29 is 23.8 Å². The van der Waals surface area contributed by atoms with Crippen molar-refractivity contribution in [2.75, 3.05) is 19.5 Å². The molecule has 1 N–H and O–H groups in total. The minimum atomic E-state index is -0.392. The minimum Gasteiger partial charge on any atom is -0.493 e. The van der Waals surface area contributed by atoms with Crippen molar-refractivity contribution >= 4 is 23.6 Å². The zero-order valence-electron chi connectivity index (χ0n) is 15.8. The number of carbonyl (C=O) groups excluding carboxylic acids is 2. The normalized spacial score (nSPS) is 10.7. The smallest absolute Gasteiger partial charge is 0.338 e. The third kappa shape index (κ3) is 5.88. The van der Waals surface area contributed by atoms with Crippen molar-refractivity contribution in [2.24, 2.45) is 0 Å². The number of hydrogen-bond donors (Lipinski definition) is 1. The number of rotatable bonds is 7. The molecule has 2 aromatic carbocycles. The predicted molar refractivity (Wildman–Crippen MR) is 104 cm³/mol. The second-order valence-corrected chi connectivity index (χ2v) is 5.97. The van der Waals surface area contributed by atoms with Crippen LogP contribution in [0.15, 0.2) is 48.5 Å². The van der Waals surface area contributed by atoms with Crippen molar-refractivity contribution in [3.05, 3.63) is 59.7 Å². The Bertz CT molecular complexity index is 825. The number of amides is 1. The lowest BCUT2D eigenvalue weighted by molar-refractivity contribution is -0.111. The molecule has 1 amide bonds. The fourth-order valence-electron chi connectivity index (χ4n) is 2.28. The average molecular weight is 369 g/mol. The number of nitrogens with one attached hydrogen (secondary N) is 1. The van der Waals surface area contributed by atoms with Gasteiger partial charge in [-0.15, -0.1) is 0 Å². The minimum absolute atomic E-state index is 0.182. The van der Waals surface area contributed by atoms with Crippen LogP contribution in [0.1, 0.15) is 29.8 Å². The first-order chi connectivity index (χ1) is 12.9. The molecule has 2 rings (SSSR count). The maximum absolute atomic E-state index is 12.1. The van der Waals surface area contributed by atoms with Gasteiger partial charge >= 0.3 is 5.97 Å². The summed E-state index contributed by atoms with van der Waals surface area (Å²) in [4.78, 5) is 23.9. The Hall–Kier alpha value is -3.28. The second-order valence-electron chi connectivity index (χ2n) is 5.97. The highest BCUT2D eigenvalue weighted by atomic mass is 16.5. The zero-order valence-corrected chi connectivity index (χ0v) is 15.8. The number of anilines is 1. The summed E-state index contributed by atoms with van der Waals surface area (Å²) >= 11 is 0. The lowest BCUT2D eigenvalue weighted by atomic mass is 10.2. The van der Waals surface area contributed by atoms with E-state index in [1.54, 1.807) is 70.5 Å². The van der Waals surface area contributed by atoms with Gasteiger partial charge < -0.3 is 19.5 Å². The first-order valence-electron chi connectivity index (χ1n) is 8.45. The van der Waals surface area contributed by atoms with Crippen LogP contribution in [0, 0.1) is 0 Å². The second kappa shape index (κ2) is 9.43. The Morgan fingerprint density at radius 3 is 2.22 bits per heavy atom. The Kier molecular flexibility index (Phi) is 7.00. The van der Waals surface area contributed by atoms with Crippen molar-refractivity contribution in [3.63, 3.8) is 0 Å². The number of carbonyl (C=O) groups is 2. The van der Waals surface area contributed by atoms with E-state index < -0.39 is 5.97 Å². The van der Waals surface area contributed by atoms with Crippen molar-refractivity contribution in [1.29, 1.82) is 0 Å². The molecule has 0 radical (unpaired) electrons. The molecule has 142 valence electrons. The summed E-state index contributed by atoms with van der Waals surface area (Å²) in [6, 6.07) is 11.9. The molecule has 0 aliphatic rings. The van der Waals surface area contributed by atoms with Crippen LogP contribution in [0.5, 0.6) is 11.5 Å². The van der Waals surface area contributed by atoms with E-state index in [2.05, 4.69) is 5.32 Å². The lowest BCUT2D eigenvalue weighted by Crippen LogP contribution is -2.12. The molecule has 0 bridgehead atoms. The fourth-order valence-corrected chi connectivity index (χ4v) is 2.28. The molecule has 0 saturated carbocycles. The van der Waals surface area contributed by atoms with Crippen LogP contribution in [0.2, 0.25) is 0 Å². The molecule has 6 nitrogen and oxygen atoms in total. The summed E-state index contributed by atoms with van der Waals surface area (Å²) in [5.74, 6) is 0.526. The maximum atomic E-state index is 12.1. The van der Waals surface area contributed by atoms with Gasteiger partial charge in [-0.2, -0.15) is 0 Å². The molecule has 2 aromatic rings. The Morgan fingerprint density at radius 2 is 1.63 bits per heavy atom. The summed E-state index contributed by atoms with van der Waals surface area (Å²) in [6.07, 6.45) is 2.91. The van der Waals surface area contributed by atoms with E-state index in [1.165, 1.54) is 6.08 Å². The maximum Gasteiger partial charge on any atom is 0.338 e. The van der Waals surface area contributed by atoms with Gasteiger partial charge in [-0.3, -0.25) is 4.79 Å². The van der Waals surface area contributed by atoms with E-state index in [0.29, 0.717) is 22.7 Å². The molecule has 0 saturated heterocycles. The first-order valence-corrected chi connectivity index (χ1v) is 8.45. The van der Waals surface area contributed by atoms with Gasteiger partial charge in [0.15, 0.2) is 11.5 Å². The van der Waals surface area contributed by atoms with E-state index in [1.807, 2.05) is 6.07 Å². The fraction of sp³-hybridized carbons (Fsp3) is 0.238. The van der Waals surface area contributed by atoms with Crippen LogP contribution in [-0.2, 0) is 9.53 Å². The van der Waals surface area contributed by atoms with Gasteiger partial charge in [-0.05, 0) is 61.9 Å². The SMILES string of the molecule is COc1ccc(C=CC(=O)Nc2ccc(C(=O)OC(C)C)cc2)cc1OC. The first kappa shape index (κ1) is 20.0. The molecular formula is C21H23NO5. The highest BCUT2D eigenvalue weighted by Crippen LogP contribution is 2.27. The molecule has 0 aliphatic heterocycles. The molecule has 6 heteroatoms. The van der Waals surface area contributed by atoms with Crippen LogP contribution in [0.25, 0.3) is 6.08 Å². The molecule has 0 aliphatic carbocycles. The number of esters is 1. The van der Waals surface area contributed by atoms with E-state index in [0.717, 1.165) is 5.56 Å². The molecule has 0 atom stereocenters. The Balaban J connectivity index is 1.99. The topological polar surface area (TPSA) is 73.9 Å². The largest absolute Gasteiger partial charge is 0.493 e. The van der Waals surface area contributed by atoms with E-state index in [4.69, 9.17) is 14.2 Å². The van der Waals surface area contributed by atoms with E-state index in [-0.39, 0.29) is 12.0 Å². The Labute approximate surface area is 158 Å². The number of methoxy groups -OCH3 is 2. The van der Waals surface area contributed by atoms with Gasteiger partial charge in [0.25, 0.3) is 0 Å². The molecular weight excluding hydrogens is 346 g/mol. The van der Waals surface area contributed by atoms with Crippen LogP contribution in [0.4, 0.5) is 5.69 Å². The average Bonchev–Trinajstić information content (AvgIpc) is 2.66. The van der Waals surface area contributed by atoms with Crippen LogP contribution in [-0.4, -0.2) is 32.2 Å². The Morgan fingerprint density at radius 1 is 0.963 bits per heavy atom. The summed E-state index contributed by atoms with van der Waals surface area (Å²) in [5.41, 5.74) is 1.82. The van der Waals surface area contributed by atoms with E-state index >= 15 is 0 Å². The van der Waals surface area contributed by atoms with Gasteiger partial charge in [-0.1, -0.05) is 6.07 Å². The number of ether oxygens (including phenoxy) is 3. The van der Waals surface area contributed by atoms with Crippen molar-refractivity contribution in [1.82, 2.24) is 0 Å². The summed E-state index contributed by atoms with van der Waals surface area (Å²) < 4.78 is 15.5.